The van der Waals surface area contributed by atoms with E-state index in [1.807, 2.05) is 18.2 Å². The number of pyridine rings is 1. The van der Waals surface area contributed by atoms with E-state index in [1.54, 1.807) is 30.6 Å². The van der Waals surface area contributed by atoms with Crippen molar-refractivity contribution in [2.75, 3.05) is 13.6 Å². The molecule has 1 aliphatic heterocycles. The van der Waals surface area contributed by atoms with E-state index in [4.69, 9.17) is 11.6 Å². The molecule has 0 bridgehead atoms. The summed E-state index contributed by atoms with van der Waals surface area (Å²) in [6.45, 7) is 0.256. The molecule has 3 aromatic rings. The lowest BCUT2D eigenvalue weighted by atomic mass is 9.92. The summed E-state index contributed by atoms with van der Waals surface area (Å²) in [7, 11) is -2.84. The molecular weight excluding hydrogens is 503 g/mol. The van der Waals surface area contributed by atoms with Gasteiger partial charge in [0.2, 0.25) is 5.96 Å². The number of aromatic nitrogens is 1. The Morgan fingerprint density at radius 3 is 2.37 bits per heavy atom. The number of guanidine groups is 1. The minimum absolute atomic E-state index is 0.0808. The Kier molecular flexibility index (Phi) is 6.82. The molecule has 35 heavy (non-hydrogen) atoms. The van der Waals surface area contributed by atoms with Crippen molar-refractivity contribution < 1.29 is 21.6 Å². The minimum Gasteiger partial charge on any atom is -0.357 e. The highest BCUT2D eigenvalue weighted by atomic mass is 35.5. The van der Waals surface area contributed by atoms with Crippen LogP contribution in [0.2, 0.25) is 5.02 Å². The van der Waals surface area contributed by atoms with Crippen molar-refractivity contribution in [1.29, 1.82) is 0 Å². The first-order valence-electron chi connectivity index (χ1n) is 10.3. The van der Waals surface area contributed by atoms with Gasteiger partial charge in [-0.2, -0.15) is 26.7 Å². The Morgan fingerprint density at radius 1 is 1.11 bits per heavy atom. The van der Waals surface area contributed by atoms with Gasteiger partial charge in [0.05, 0.1) is 22.7 Å². The van der Waals surface area contributed by atoms with Gasteiger partial charge < -0.3 is 5.32 Å². The Labute approximate surface area is 205 Å². The Hall–Kier alpha value is -3.44. The van der Waals surface area contributed by atoms with Gasteiger partial charge in [-0.25, -0.2) is 5.01 Å². The first kappa shape index (κ1) is 24.7. The van der Waals surface area contributed by atoms with Crippen molar-refractivity contribution in [1.82, 2.24) is 15.3 Å². The number of rotatable bonds is 4. The van der Waals surface area contributed by atoms with E-state index in [9.17, 15) is 21.6 Å². The number of hydrogen-bond acceptors (Lipinski definition) is 4. The average Bonchev–Trinajstić information content (AvgIpc) is 3.28. The molecule has 0 unspecified atom stereocenters. The van der Waals surface area contributed by atoms with Gasteiger partial charge in [0, 0.05) is 30.4 Å². The predicted octanol–water partition coefficient (Wildman–Crippen LogP) is 4.52. The molecule has 0 aliphatic carbocycles. The van der Waals surface area contributed by atoms with E-state index in [0.717, 1.165) is 23.3 Å². The lowest BCUT2D eigenvalue weighted by molar-refractivity contribution is -0.137. The van der Waals surface area contributed by atoms with Gasteiger partial charge in [0.1, 0.15) is 0 Å². The number of nitrogens with one attached hydrogen (secondary N) is 1. The summed E-state index contributed by atoms with van der Waals surface area (Å²) in [5.41, 5.74) is 1.35. The Balaban J connectivity index is 1.70. The van der Waals surface area contributed by atoms with Crippen molar-refractivity contribution in [3.05, 3.63) is 94.8 Å². The molecule has 0 amide bonds. The third-order valence-electron chi connectivity index (χ3n) is 5.30. The standard InChI is InChI=1S/C23H19ClF3N5O2S/c1-28-22(31-35(33,34)19-10-6-17(7-11-19)23(25,26)27)32-14-20(16-3-2-12-29-13-16)21(30-32)15-4-8-18(24)9-5-15/h2-13,20H,14H2,1H3,(H,28,31)/t20-/m1/s1. The summed E-state index contributed by atoms with van der Waals surface area (Å²) < 4.78 is 68.0. The summed E-state index contributed by atoms with van der Waals surface area (Å²) in [4.78, 5) is 3.80. The molecular formula is C23H19ClF3N5O2S. The summed E-state index contributed by atoms with van der Waals surface area (Å²) in [6.07, 6.45) is -1.23. The van der Waals surface area contributed by atoms with Crippen molar-refractivity contribution >= 4 is 33.3 Å². The molecule has 0 spiro atoms. The molecule has 4 rings (SSSR count). The molecule has 2 heterocycles. The van der Waals surface area contributed by atoms with Crippen molar-refractivity contribution in [2.24, 2.45) is 9.50 Å². The first-order valence-corrected chi connectivity index (χ1v) is 12.1. The van der Waals surface area contributed by atoms with E-state index < -0.39 is 21.8 Å². The van der Waals surface area contributed by atoms with E-state index in [2.05, 4.69) is 19.8 Å². The highest BCUT2D eigenvalue weighted by Gasteiger charge is 2.33. The van der Waals surface area contributed by atoms with E-state index in [1.165, 1.54) is 12.1 Å². The molecule has 1 N–H and O–H groups in total. The fourth-order valence-corrected chi connectivity index (χ4v) is 4.69. The second kappa shape index (κ2) is 9.67. The van der Waals surface area contributed by atoms with Crippen LogP contribution in [0, 0.1) is 0 Å². The van der Waals surface area contributed by atoms with Crippen LogP contribution in [0.25, 0.3) is 0 Å². The number of sulfonamides is 1. The zero-order valence-corrected chi connectivity index (χ0v) is 19.8. The Bertz CT molecular complexity index is 1360. The molecule has 1 aliphatic rings. The predicted molar refractivity (Wildman–Crippen MR) is 127 cm³/mol. The molecule has 0 saturated heterocycles. The smallest absolute Gasteiger partial charge is 0.357 e. The number of alkyl halides is 3. The maximum atomic E-state index is 12.9. The average molecular weight is 522 g/mol. The monoisotopic (exact) mass is 521 g/mol. The van der Waals surface area contributed by atoms with Gasteiger partial charge in [-0.1, -0.05) is 29.8 Å². The minimum atomic E-state index is -4.58. The topological polar surface area (TPSA) is 87.0 Å². The molecule has 12 heteroatoms. The SMILES string of the molecule is CN/C(=N\S(=O)(=O)c1ccc(C(F)(F)F)cc1)N1C[C@H](c2cccnc2)C(c2ccc(Cl)cc2)=N1. The largest absolute Gasteiger partial charge is 0.416 e. The normalized spacial score (nSPS) is 16.8. The van der Waals surface area contributed by atoms with Crippen LogP contribution in [0.15, 0.2) is 87.5 Å². The summed E-state index contributed by atoms with van der Waals surface area (Å²) in [6, 6.07) is 13.9. The molecule has 1 aromatic heterocycles. The van der Waals surface area contributed by atoms with Crippen LogP contribution in [0.4, 0.5) is 13.2 Å². The van der Waals surface area contributed by atoms with Gasteiger partial charge in [0.25, 0.3) is 10.0 Å². The van der Waals surface area contributed by atoms with Gasteiger partial charge in [0.15, 0.2) is 0 Å². The van der Waals surface area contributed by atoms with Gasteiger partial charge in [-0.05, 0) is 53.6 Å². The zero-order chi connectivity index (χ0) is 25.2. The van der Waals surface area contributed by atoms with Gasteiger partial charge in [-0.3, -0.25) is 4.98 Å². The van der Waals surface area contributed by atoms with Crippen molar-refractivity contribution in [2.45, 2.75) is 17.0 Å². The van der Waals surface area contributed by atoms with Crippen LogP contribution < -0.4 is 5.32 Å². The lowest BCUT2D eigenvalue weighted by Crippen LogP contribution is -2.36. The second-order valence-electron chi connectivity index (χ2n) is 7.58. The third-order valence-corrected chi connectivity index (χ3v) is 6.83. The van der Waals surface area contributed by atoms with Crippen LogP contribution >= 0.6 is 11.6 Å². The van der Waals surface area contributed by atoms with Crippen LogP contribution in [0.1, 0.15) is 22.6 Å². The highest BCUT2D eigenvalue weighted by Crippen LogP contribution is 2.31. The van der Waals surface area contributed by atoms with E-state index in [-0.39, 0.29) is 23.3 Å². The summed E-state index contributed by atoms with van der Waals surface area (Å²) in [5, 5.41) is 9.31. The lowest BCUT2D eigenvalue weighted by Gasteiger charge is -2.17. The maximum absolute atomic E-state index is 12.9. The first-order chi connectivity index (χ1) is 16.6. The second-order valence-corrected chi connectivity index (χ2v) is 9.62. The van der Waals surface area contributed by atoms with Crippen molar-refractivity contribution in [3.8, 4) is 0 Å². The summed E-state index contributed by atoms with van der Waals surface area (Å²) >= 11 is 6.02. The Morgan fingerprint density at radius 2 is 1.80 bits per heavy atom. The van der Waals surface area contributed by atoms with Gasteiger partial charge in [-0.15, -0.1) is 4.40 Å². The van der Waals surface area contributed by atoms with E-state index in [0.29, 0.717) is 22.9 Å². The number of benzene rings is 2. The molecule has 7 nitrogen and oxygen atoms in total. The maximum Gasteiger partial charge on any atom is 0.416 e. The molecule has 2 aromatic carbocycles. The van der Waals surface area contributed by atoms with Crippen LogP contribution in [0.3, 0.4) is 0 Å². The number of hydrogen-bond donors (Lipinski definition) is 1. The third kappa shape index (κ3) is 5.46. The molecule has 0 saturated carbocycles. The zero-order valence-electron chi connectivity index (χ0n) is 18.2. The van der Waals surface area contributed by atoms with Crippen LogP contribution in [0.5, 0.6) is 0 Å². The molecule has 1 atom stereocenters. The van der Waals surface area contributed by atoms with Gasteiger partial charge >= 0.3 is 6.18 Å². The van der Waals surface area contributed by atoms with Crippen LogP contribution in [-0.4, -0.2) is 43.7 Å². The number of nitrogens with zero attached hydrogens (tertiary/aromatic N) is 4. The fraction of sp³-hybridized carbons (Fsp3) is 0.174. The van der Waals surface area contributed by atoms with Crippen molar-refractivity contribution in [3.63, 3.8) is 0 Å². The molecule has 0 fully saturated rings. The fourth-order valence-electron chi connectivity index (χ4n) is 3.56. The van der Waals surface area contributed by atoms with E-state index >= 15 is 0 Å². The molecule has 182 valence electrons. The number of halogens is 4. The highest BCUT2D eigenvalue weighted by molar-refractivity contribution is 7.90. The quantitative estimate of drug-likeness (QED) is 0.403. The van der Waals surface area contributed by atoms with Crippen LogP contribution in [-0.2, 0) is 16.2 Å². The number of hydrazone groups is 1. The summed E-state index contributed by atoms with van der Waals surface area (Å²) in [5.74, 6) is -0.333. The molecule has 0 radical (unpaired) electrons.